The van der Waals surface area contributed by atoms with E-state index in [0.717, 1.165) is 57.8 Å². The first-order valence-electron chi connectivity index (χ1n) is 35.3. The molecule has 82 heavy (non-hydrogen) atoms. The van der Waals surface area contributed by atoms with E-state index in [2.05, 4.69) is 62.5 Å². The van der Waals surface area contributed by atoms with E-state index in [0.29, 0.717) is 17.4 Å². The minimum atomic E-state index is -4.64. The Kier molecular flexibility index (Phi) is 61.9. The molecule has 0 radical (unpaired) electrons. The number of phosphoric acid groups is 1. The van der Waals surface area contributed by atoms with Gasteiger partial charge >= 0.3 is 11.9 Å². The third-order valence-corrected chi connectivity index (χ3v) is 16.8. The Morgan fingerprint density at radius 2 is 0.659 bits per heavy atom. The van der Waals surface area contributed by atoms with Crippen LogP contribution in [0.25, 0.3) is 0 Å². The molecule has 482 valence electrons. The number of carbonyl (C=O) groups excluding carboxylic acids is 2. The Morgan fingerprint density at radius 1 is 0.378 bits per heavy atom. The summed E-state index contributed by atoms with van der Waals surface area (Å²) in [6.45, 7) is 4.24. The minimum Gasteiger partial charge on any atom is -0.756 e. The van der Waals surface area contributed by atoms with Gasteiger partial charge in [-0.15, -0.1) is 0 Å². The van der Waals surface area contributed by atoms with Gasteiger partial charge < -0.3 is 27.9 Å². The van der Waals surface area contributed by atoms with Crippen molar-refractivity contribution in [2.75, 3.05) is 47.5 Å². The quantitative estimate of drug-likeness (QED) is 0.0195. The Balaban J connectivity index is 3.87. The minimum absolute atomic E-state index is 0.0307. The van der Waals surface area contributed by atoms with Gasteiger partial charge in [0.15, 0.2) is 6.10 Å². The molecule has 0 saturated carbocycles. The van der Waals surface area contributed by atoms with Crippen LogP contribution in [-0.4, -0.2) is 70.0 Å². The zero-order valence-electron chi connectivity index (χ0n) is 55.0. The molecule has 2 atom stereocenters. The lowest BCUT2D eigenvalue weighted by Gasteiger charge is -2.28. The Hall–Kier alpha value is -2.03. The summed E-state index contributed by atoms with van der Waals surface area (Å²) in [4.78, 5) is 38.0. The van der Waals surface area contributed by atoms with Crippen LogP contribution in [0.5, 0.6) is 0 Å². The molecule has 9 nitrogen and oxygen atoms in total. The van der Waals surface area contributed by atoms with Crippen LogP contribution >= 0.6 is 7.82 Å². The lowest BCUT2D eigenvalue weighted by atomic mass is 10.0. The molecular formula is C72H136NO8P. The highest BCUT2D eigenvalue weighted by Gasteiger charge is 2.22. The average Bonchev–Trinajstić information content (AvgIpc) is 3.44. The normalized spacial score (nSPS) is 13.4. The first-order chi connectivity index (χ1) is 40.0. The second-order valence-corrected chi connectivity index (χ2v) is 26.7. The van der Waals surface area contributed by atoms with Gasteiger partial charge in [0, 0.05) is 12.8 Å². The first-order valence-corrected chi connectivity index (χ1v) is 36.8. The van der Waals surface area contributed by atoms with Crippen molar-refractivity contribution in [3.8, 4) is 0 Å². The number of likely N-dealkylation sites (N-methyl/N-ethyl adjacent to an activating group) is 1. The van der Waals surface area contributed by atoms with E-state index in [1.807, 2.05) is 21.1 Å². The van der Waals surface area contributed by atoms with Crippen molar-refractivity contribution < 1.29 is 42.1 Å². The molecule has 0 aliphatic rings. The summed E-state index contributed by atoms with van der Waals surface area (Å²) in [5, 5.41) is 0. The second-order valence-electron chi connectivity index (χ2n) is 25.2. The molecule has 0 fully saturated rings. The molecular weight excluding hydrogens is 1040 g/mol. The molecule has 0 bridgehead atoms. The van der Waals surface area contributed by atoms with E-state index in [9.17, 15) is 19.0 Å². The molecule has 0 saturated heterocycles. The number of phosphoric ester groups is 1. The van der Waals surface area contributed by atoms with Crippen LogP contribution in [0.15, 0.2) is 48.6 Å². The van der Waals surface area contributed by atoms with Gasteiger partial charge in [0.05, 0.1) is 27.7 Å². The van der Waals surface area contributed by atoms with Crippen molar-refractivity contribution in [1.82, 2.24) is 0 Å². The van der Waals surface area contributed by atoms with Gasteiger partial charge in [-0.2, -0.15) is 0 Å². The van der Waals surface area contributed by atoms with E-state index in [-0.39, 0.29) is 32.0 Å². The fourth-order valence-corrected chi connectivity index (χ4v) is 11.1. The predicted octanol–water partition coefficient (Wildman–Crippen LogP) is 22.2. The van der Waals surface area contributed by atoms with Gasteiger partial charge in [0.2, 0.25) is 0 Å². The monoisotopic (exact) mass is 1170 g/mol. The highest BCUT2D eigenvalue weighted by atomic mass is 31.2. The topological polar surface area (TPSA) is 111 Å². The number of nitrogens with zero attached hydrogens (tertiary/aromatic N) is 1. The summed E-state index contributed by atoms with van der Waals surface area (Å²) in [6, 6.07) is 0. The highest BCUT2D eigenvalue weighted by Crippen LogP contribution is 2.38. The van der Waals surface area contributed by atoms with Crippen LogP contribution in [0.2, 0.25) is 0 Å². The summed E-state index contributed by atoms with van der Waals surface area (Å²) in [5.74, 6) is -0.827. The lowest BCUT2D eigenvalue weighted by molar-refractivity contribution is -0.870. The molecule has 0 heterocycles. The van der Waals surface area contributed by atoms with Crippen LogP contribution < -0.4 is 4.89 Å². The number of quaternary nitrogens is 1. The van der Waals surface area contributed by atoms with Gasteiger partial charge in [0.25, 0.3) is 7.82 Å². The molecule has 0 aromatic rings. The zero-order valence-corrected chi connectivity index (χ0v) is 55.8. The van der Waals surface area contributed by atoms with E-state index in [1.54, 1.807) is 0 Å². The number of carbonyl (C=O) groups is 2. The Morgan fingerprint density at radius 3 is 0.988 bits per heavy atom. The molecule has 0 rings (SSSR count). The van der Waals surface area contributed by atoms with Crippen molar-refractivity contribution in [2.45, 2.75) is 354 Å². The van der Waals surface area contributed by atoms with Crippen molar-refractivity contribution in [2.24, 2.45) is 0 Å². The summed E-state index contributed by atoms with van der Waals surface area (Å²) < 4.78 is 34.2. The van der Waals surface area contributed by atoms with Crippen LogP contribution in [0.1, 0.15) is 348 Å². The number of hydrogen-bond acceptors (Lipinski definition) is 8. The van der Waals surface area contributed by atoms with E-state index < -0.39 is 26.5 Å². The molecule has 0 amide bonds. The molecule has 0 spiro atoms. The zero-order chi connectivity index (χ0) is 59.8. The van der Waals surface area contributed by atoms with E-state index >= 15 is 0 Å². The number of hydrogen-bond donors (Lipinski definition) is 0. The molecule has 10 heteroatoms. The third kappa shape index (κ3) is 67.1. The van der Waals surface area contributed by atoms with Gasteiger partial charge in [-0.3, -0.25) is 14.2 Å². The Labute approximate surface area is 509 Å². The second kappa shape index (κ2) is 63.5. The smallest absolute Gasteiger partial charge is 0.306 e. The van der Waals surface area contributed by atoms with E-state index in [1.165, 1.54) is 257 Å². The van der Waals surface area contributed by atoms with Crippen molar-refractivity contribution in [1.29, 1.82) is 0 Å². The Bertz CT molecular complexity index is 1520. The number of esters is 2. The molecule has 2 unspecified atom stereocenters. The molecule has 0 aliphatic carbocycles. The van der Waals surface area contributed by atoms with Gasteiger partial charge in [0.1, 0.15) is 19.8 Å². The fraction of sp³-hybridized carbons (Fsp3) is 0.861. The maximum Gasteiger partial charge on any atom is 0.306 e. The summed E-state index contributed by atoms with van der Waals surface area (Å²) >= 11 is 0. The van der Waals surface area contributed by atoms with Crippen LogP contribution in [0, 0.1) is 0 Å². The van der Waals surface area contributed by atoms with Gasteiger partial charge in [-0.1, -0.05) is 306 Å². The average molecular weight is 1170 g/mol. The fourth-order valence-electron chi connectivity index (χ4n) is 10.4. The number of unbranched alkanes of at least 4 members (excludes halogenated alkanes) is 44. The lowest BCUT2D eigenvalue weighted by Crippen LogP contribution is -2.37. The SMILES string of the molecule is CCCCC/C=C\C/C=C\CCCCCCCCCC(=O)OCC(COP(=O)([O-])OCC[N+](C)(C)C)OC(=O)CCCCCCCCCCCCCCCCCCCCCCCCCCCCCCC/C=C\C/C=C\CCCCCCC. The highest BCUT2D eigenvalue weighted by molar-refractivity contribution is 7.45. The number of ether oxygens (including phenoxy) is 2. The molecule has 0 aliphatic heterocycles. The van der Waals surface area contributed by atoms with Crippen molar-refractivity contribution >= 4 is 19.8 Å². The standard InChI is InChI=1S/C72H136NO8P/c1-6-8-10-12-14-16-18-20-22-24-25-26-27-28-29-30-31-32-33-34-35-36-37-38-39-40-41-42-43-44-45-46-47-49-51-53-55-57-59-61-63-65-72(75)81-70(69-80-82(76,77)79-67-66-73(3,4)5)68-78-71(74)64-62-60-58-56-54-52-50-48-23-21-19-17-15-13-11-9-7-2/h15,17-18,20-21,23-25,70H,6-14,16,19,22,26-69H2,1-5H3/b17-15-,20-18-,23-21-,25-24-. The van der Waals surface area contributed by atoms with Gasteiger partial charge in [-0.05, 0) is 77.0 Å². The summed E-state index contributed by atoms with van der Waals surface area (Å²) in [5.41, 5.74) is 0. The summed E-state index contributed by atoms with van der Waals surface area (Å²) in [6.07, 6.45) is 82.2. The van der Waals surface area contributed by atoms with Crippen LogP contribution in [0.4, 0.5) is 0 Å². The third-order valence-electron chi connectivity index (χ3n) is 15.8. The predicted molar refractivity (Wildman–Crippen MR) is 351 cm³/mol. The largest absolute Gasteiger partial charge is 0.756 e. The molecule has 0 aromatic heterocycles. The molecule has 0 aromatic carbocycles. The van der Waals surface area contributed by atoms with Crippen molar-refractivity contribution in [3.63, 3.8) is 0 Å². The number of rotatable bonds is 66. The van der Waals surface area contributed by atoms with Crippen LogP contribution in [-0.2, 0) is 32.7 Å². The first kappa shape index (κ1) is 80.0. The summed E-state index contributed by atoms with van der Waals surface area (Å²) in [7, 11) is 1.17. The van der Waals surface area contributed by atoms with E-state index in [4.69, 9.17) is 18.5 Å². The van der Waals surface area contributed by atoms with Gasteiger partial charge in [-0.25, -0.2) is 0 Å². The number of allylic oxidation sites excluding steroid dienone is 8. The maximum absolute atomic E-state index is 12.8. The van der Waals surface area contributed by atoms with Crippen LogP contribution in [0.3, 0.4) is 0 Å². The maximum atomic E-state index is 12.8. The van der Waals surface area contributed by atoms with Crippen molar-refractivity contribution in [3.05, 3.63) is 48.6 Å². The molecule has 0 N–H and O–H groups in total.